The fraction of sp³-hybridized carbons (Fsp3) is 0.660. The fourth-order valence-corrected chi connectivity index (χ4v) is 10.2. The van der Waals surface area contributed by atoms with Crippen molar-refractivity contribution in [3.05, 3.63) is 71.8 Å². The third-order valence-corrected chi connectivity index (χ3v) is 14.0. The van der Waals surface area contributed by atoms with Crippen LogP contribution < -0.4 is 10.6 Å². The number of aliphatic carboxylic acids is 1. The molecule has 3 N–H and O–H groups in total. The molecule has 1 fully saturated rings. The molecule has 1 aliphatic heterocycles. The Bertz CT molecular complexity index is 1730. The second-order valence-electron chi connectivity index (χ2n) is 18.4. The smallest absolute Gasteiger partial charge is 0.303 e. The van der Waals surface area contributed by atoms with Gasteiger partial charge in [0.05, 0.1) is 42.7 Å². The van der Waals surface area contributed by atoms with E-state index in [1.807, 2.05) is 94.7 Å². The van der Waals surface area contributed by atoms with Gasteiger partial charge in [0.1, 0.15) is 6.04 Å². The van der Waals surface area contributed by atoms with Gasteiger partial charge in [-0.05, 0) is 68.2 Å². The summed E-state index contributed by atoms with van der Waals surface area (Å²) in [7, 11) is 6.70. The highest BCUT2D eigenvalue weighted by atomic mass is 32.2. The van der Waals surface area contributed by atoms with E-state index in [1.165, 1.54) is 5.56 Å². The normalized spacial score (nSPS) is 17.9. The number of carboxylic acid groups (broad SMARTS) is 1. The van der Waals surface area contributed by atoms with Crippen LogP contribution >= 0.6 is 11.8 Å². The predicted octanol–water partition coefficient (Wildman–Crippen LogP) is 6.53. The van der Waals surface area contributed by atoms with Crippen molar-refractivity contribution in [2.75, 3.05) is 47.2 Å². The van der Waals surface area contributed by atoms with Gasteiger partial charge in [0.15, 0.2) is 0 Å². The number of likely N-dealkylation sites (tertiary alicyclic amines) is 1. The van der Waals surface area contributed by atoms with E-state index in [2.05, 4.69) is 34.9 Å². The Labute approximate surface area is 388 Å². The molecule has 1 saturated heterocycles. The first-order chi connectivity index (χ1) is 30.4. The molecule has 14 heteroatoms. The van der Waals surface area contributed by atoms with Crippen molar-refractivity contribution in [1.29, 1.82) is 0 Å². The lowest BCUT2D eigenvalue weighted by atomic mass is 9.89. The Morgan fingerprint density at radius 3 is 2.03 bits per heavy atom. The standard InChI is InChI=1S/C50H79N5O8S/c1-12-35(6)46(54(9)50(61)44(33(2)3)52-49(60)45(34(4)5)53(8)27-20-26-43(57)58)41(62-10)30-42(56)55-28-19-25-40(55)47(63-11)36(7)48(59)51-39(29-37-21-15-13-16-22-37)32-64-31-38-23-17-14-18-24-38/h13-18,21-24,33-36,39-41,44-47H,12,19-20,25-32H2,1-11H3,(H,51,59)(H,52,60)(H,57,58)/t35-,36+,39-,40-,41+,44-,45-,46-,47+/m0/s1. The SMILES string of the molecule is CC[C@H](C)[C@@H]([C@@H](CC(=O)N1CCC[C@H]1[C@H](OC)[C@@H](C)C(=O)N[C@H](CSCc1ccccc1)Cc1ccccc1)OC)N(C)C(=O)[C@@H](NC(=O)[C@H](C(C)C)N(C)CCCC(=O)O)C(C)C. The molecule has 2 aromatic rings. The summed E-state index contributed by atoms with van der Waals surface area (Å²) in [4.78, 5) is 73.4. The molecular formula is C50H79N5O8S. The average molecular weight is 910 g/mol. The van der Waals surface area contributed by atoms with Crippen LogP contribution in [0.4, 0.5) is 0 Å². The van der Waals surface area contributed by atoms with Crippen LogP contribution in [-0.4, -0.2) is 139 Å². The second-order valence-corrected chi connectivity index (χ2v) is 19.4. The molecule has 0 bridgehead atoms. The Balaban J connectivity index is 1.76. The Morgan fingerprint density at radius 1 is 0.859 bits per heavy atom. The number of nitrogens with zero attached hydrogens (tertiary/aromatic N) is 3. The summed E-state index contributed by atoms with van der Waals surface area (Å²) in [6, 6.07) is 18.1. The van der Waals surface area contributed by atoms with E-state index in [0.717, 1.165) is 23.5 Å². The largest absolute Gasteiger partial charge is 0.481 e. The van der Waals surface area contributed by atoms with Crippen LogP contribution in [0.15, 0.2) is 60.7 Å². The lowest BCUT2D eigenvalue weighted by molar-refractivity contribution is -0.148. The number of likely N-dealkylation sites (N-methyl/N-ethyl adjacent to an activating group) is 2. The van der Waals surface area contributed by atoms with Crippen LogP contribution in [0.1, 0.15) is 98.1 Å². The summed E-state index contributed by atoms with van der Waals surface area (Å²) in [5.41, 5.74) is 2.38. The first-order valence-electron chi connectivity index (χ1n) is 23.2. The van der Waals surface area contributed by atoms with Gasteiger partial charge in [-0.15, -0.1) is 0 Å². The summed E-state index contributed by atoms with van der Waals surface area (Å²) in [6.07, 6.45) is 2.08. The second kappa shape index (κ2) is 27.5. The maximum absolute atomic E-state index is 14.5. The van der Waals surface area contributed by atoms with E-state index in [4.69, 9.17) is 14.6 Å². The van der Waals surface area contributed by atoms with E-state index >= 15 is 0 Å². The third kappa shape index (κ3) is 16.2. The van der Waals surface area contributed by atoms with Gasteiger partial charge in [-0.3, -0.25) is 28.9 Å². The molecule has 0 radical (unpaired) electrons. The topological polar surface area (TPSA) is 158 Å². The van der Waals surface area contributed by atoms with Gasteiger partial charge in [-0.2, -0.15) is 11.8 Å². The number of ether oxygens (including phenoxy) is 2. The molecule has 1 aliphatic rings. The minimum Gasteiger partial charge on any atom is -0.481 e. The monoisotopic (exact) mass is 910 g/mol. The van der Waals surface area contributed by atoms with Gasteiger partial charge < -0.3 is 35.0 Å². The van der Waals surface area contributed by atoms with Gasteiger partial charge in [-0.1, -0.05) is 116 Å². The lowest BCUT2D eigenvalue weighted by Gasteiger charge is -2.41. The highest BCUT2D eigenvalue weighted by molar-refractivity contribution is 7.98. The van der Waals surface area contributed by atoms with Crippen LogP contribution in [0.25, 0.3) is 0 Å². The quantitative estimate of drug-likeness (QED) is 0.0858. The van der Waals surface area contributed by atoms with E-state index < -0.39 is 42.2 Å². The number of amides is 4. The van der Waals surface area contributed by atoms with E-state index in [1.54, 1.807) is 45.0 Å². The molecule has 2 aromatic carbocycles. The minimum absolute atomic E-state index is 0.00202. The molecule has 4 amide bonds. The van der Waals surface area contributed by atoms with Gasteiger partial charge in [0, 0.05) is 51.8 Å². The zero-order valence-corrected chi connectivity index (χ0v) is 41.3. The molecule has 64 heavy (non-hydrogen) atoms. The van der Waals surface area contributed by atoms with Gasteiger partial charge >= 0.3 is 5.97 Å². The highest BCUT2D eigenvalue weighted by Gasteiger charge is 2.43. The molecule has 13 nitrogen and oxygen atoms in total. The molecule has 0 aliphatic carbocycles. The third-order valence-electron chi connectivity index (χ3n) is 12.9. The van der Waals surface area contributed by atoms with Crippen LogP contribution in [0.5, 0.6) is 0 Å². The molecule has 9 atom stereocenters. The van der Waals surface area contributed by atoms with E-state index in [-0.39, 0.29) is 66.3 Å². The molecule has 358 valence electrons. The van der Waals surface area contributed by atoms with Crippen molar-refractivity contribution in [1.82, 2.24) is 25.3 Å². The molecule has 0 aromatic heterocycles. The molecule has 0 unspecified atom stereocenters. The summed E-state index contributed by atoms with van der Waals surface area (Å²) >= 11 is 1.79. The van der Waals surface area contributed by atoms with Crippen LogP contribution in [0, 0.1) is 23.7 Å². The molecule has 0 saturated carbocycles. The zero-order valence-electron chi connectivity index (χ0n) is 40.5. The Morgan fingerprint density at radius 2 is 1.48 bits per heavy atom. The number of thioether (sulfide) groups is 1. The number of benzene rings is 2. The summed E-state index contributed by atoms with van der Waals surface area (Å²) < 4.78 is 12.2. The minimum atomic E-state index is -0.887. The van der Waals surface area contributed by atoms with Crippen molar-refractivity contribution >= 4 is 41.4 Å². The number of hydrogen-bond acceptors (Lipinski definition) is 9. The zero-order chi connectivity index (χ0) is 47.5. The van der Waals surface area contributed by atoms with Gasteiger partial charge in [0.2, 0.25) is 23.6 Å². The van der Waals surface area contributed by atoms with Crippen LogP contribution in [0.3, 0.4) is 0 Å². The number of rotatable bonds is 28. The molecule has 3 rings (SSSR count). The van der Waals surface area contributed by atoms with E-state index in [0.29, 0.717) is 38.8 Å². The van der Waals surface area contributed by atoms with Crippen LogP contribution in [-0.2, 0) is 45.6 Å². The number of methoxy groups -OCH3 is 2. The predicted molar refractivity (Wildman–Crippen MR) is 256 cm³/mol. The Kier molecular flexibility index (Phi) is 23.3. The summed E-state index contributed by atoms with van der Waals surface area (Å²) in [5, 5.41) is 15.5. The van der Waals surface area contributed by atoms with Crippen molar-refractivity contribution in [3.8, 4) is 0 Å². The number of carbonyl (C=O) groups excluding carboxylic acids is 4. The number of nitrogens with one attached hydrogen (secondary N) is 2. The Hall–Kier alpha value is -3.98. The van der Waals surface area contributed by atoms with Gasteiger partial charge in [0.25, 0.3) is 0 Å². The fourth-order valence-electron chi connectivity index (χ4n) is 9.18. The molecule has 0 spiro atoms. The maximum atomic E-state index is 14.5. The highest BCUT2D eigenvalue weighted by Crippen LogP contribution is 2.30. The summed E-state index contributed by atoms with van der Waals surface area (Å²) in [6.45, 7) is 14.5. The maximum Gasteiger partial charge on any atom is 0.303 e. The number of hydrogen-bond donors (Lipinski definition) is 3. The summed E-state index contributed by atoms with van der Waals surface area (Å²) in [5.74, 6) is -1.07. The van der Waals surface area contributed by atoms with Crippen molar-refractivity contribution < 1.29 is 38.6 Å². The first-order valence-corrected chi connectivity index (χ1v) is 24.4. The van der Waals surface area contributed by atoms with E-state index in [9.17, 15) is 24.0 Å². The average Bonchev–Trinajstić information content (AvgIpc) is 3.75. The first kappa shape index (κ1) is 54.4. The van der Waals surface area contributed by atoms with Crippen molar-refractivity contribution in [2.45, 2.75) is 142 Å². The molecule has 1 heterocycles. The molecular weight excluding hydrogens is 831 g/mol. The lowest BCUT2D eigenvalue weighted by Crippen LogP contribution is -2.60. The number of carboxylic acids is 1. The van der Waals surface area contributed by atoms with Crippen molar-refractivity contribution in [2.24, 2.45) is 23.7 Å². The number of carbonyl (C=O) groups is 5. The van der Waals surface area contributed by atoms with Crippen LogP contribution in [0.2, 0.25) is 0 Å². The van der Waals surface area contributed by atoms with Crippen molar-refractivity contribution in [3.63, 3.8) is 0 Å². The van der Waals surface area contributed by atoms with Gasteiger partial charge in [-0.25, -0.2) is 0 Å².